The van der Waals surface area contributed by atoms with E-state index in [0.29, 0.717) is 53.0 Å². The van der Waals surface area contributed by atoms with Crippen LogP contribution in [0, 0.1) is 6.92 Å². The van der Waals surface area contributed by atoms with Gasteiger partial charge in [0.2, 0.25) is 0 Å². The molecule has 0 aliphatic carbocycles. The molecule has 5 nitrogen and oxygen atoms in total. The van der Waals surface area contributed by atoms with Crippen LogP contribution in [0.2, 0.25) is 10.0 Å². The van der Waals surface area contributed by atoms with E-state index in [-0.39, 0.29) is 11.8 Å². The Morgan fingerprint density at radius 3 is 2.04 bits per heavy atom. The van der Waals surface area contributed by atoms with Gasteiger partial charge >= 0.3 is 0 Å². The summed E-state index contributed by atoms with van der Waals surface area (Å²) < 4.78 is 0. The second-order valence-electron chi connectivity index (χ2n) is 6.26. The monoisotopic (exact) mass is 391 g/mol. The van der Waals surface area contributed by atoms with Crippen molar-refractivity contribution in [1.29, 1.82) is 0 Å². The summed E-state index contributed by atoms with van der Waals surface area (Å²) in [6, 6.07) is 10.3. The summed E-state index contributed by atoms with van der Waals surface area (Å²) in [6.45, 7) is 3.62. The third kappa shape index (κ3) is 3.64. The van der Waals surface area contributed by atoms with Crippen molar-refractivity contribution in [1.82, 2.24) is 9.80 Å². The van der Waals surface area contributed by atoms with Gasteiger partial charge in [0.25, 0.3) is 11.8 Å². The summed E-state index contributed by atoms with van der Waals surface area (Å²) in [7, 11) is 0. The highest BCUT2D eigenvalue weighted by Crippen LogP contribution is 2.26. The fraction of sp³-hybridized carbons (Fsp3) is 0.263. The number of rotatable bonds is 2. The zero-order chi connectivity index (χ0) is 18.8. The standard InChI is InChI=1S/C19H19Cl2N3O2/c1-12-5-6-13(22)11-14(12)18(25)23-7-9-24(10-8-23)19(26)17-15(20)3-2-4-16(17)21/h2-6,11H,7-10,22H2,1H3. The number of hydrogen-bond acceptors (Lipinski definition) is 3. The molecule has 26 heavy (non-hydrogen) atoms. The summed E-state index contributed by atoms with van der Waals surface area (Å²) in [6.07, 6.45) is 0. The Bertz CT molecular complexity index is 842. The molecular formula is C19H19Cl2N3O2. The van der Waals surface area contributed by atoms with E-state index in [9.17, 15) is 9.59 Å². The summed E-state index contributed by atoms with van der Waals surface area (Å²) >= 11 is 12.3. The maximum atomic E-state index is 12.8. The lowest BCUT2D eigenvalue weighted by Gasteiger charge is -2.35. The number of nitrogens with zero attached hydrogens (tertiary/aromatic N) is 2. The van der Waals surface area contributed by atoms with Crippen molar-refractivity contribution in [3.63, 3.8) is 0 Å². The molecule has 1 saturated heterocycles. The minimum absolute atomic E-state index is 0.0716. The van der Waals surface area contributed by atoms with Crippen LogP contribution in [0.3, 0.4) is 0 Å². The number of hydrogen-bond donors (Lipinski definition) is 1. The fourth-order valence-corrected chi connectivity index (χ4v) is 3.57. The third-order valence-corrected chi connectivity index (χ3v) is 5.15. The Morgan fingerprint density at radius 1 is 0.923 bits per heavy atom. The molecule has 0 spiro atoms. The average Bonchev–Trinajstić information content (AvgIpc) is 2.63. The maximum Gasteiger partial charge on any atom is 0.257 e. The van der Waals surface area contributed by atoms with Gasteiger partial charge < -0.3 is 15.5 Å². The molecule has 2 aromatic rings. The molecule has 0 unspecified atom stereocenters. The van der Waals surface area contributed by atoms with E-state index in [2.05, 4.69) is 0 Å². The van der Waals surface area contributed by atoms with E-state index in [1.54, 1.807) is 40.1 Å². The summed E-state index contributed by atoms with van der Waals surface area (Å²) in [5, 5.41) is 0.660. The van der Waals surface area contributed by atoms with Crippen LogP contribution in [0.1, 0.15) is 26.3 Å². The fourth-order valence-electron chi connectivity index (χ4n) is 3.01. The summed E-state index contributed by atoms with van der Waals surface area (Å²) in [5.74, 6) is -0.287. The highest BCUT2D eigenvalue weighted by atomic mass is 35.5. The topological polar surface area (TPSA) is 66.6 Å². The van der Waals surface area contributed by atoms with Crippen LogP contribution < -0.4 is 5.73 Å². The van der Waals surface area contributed by atoms with Gasteiger partial charge in [-0.25, -0.2) is 0 Å². The zero-order valence-corrected chi connectivity index (χ0v) is 15.8. The van der Waals surface area contributed by atoms with Gasteiger partial charge in [0, 0.05) is 37.4 Å². The van der Waals surface area contributed by atoms with Crippen LogP contribution in [0.4, 0.5) is 5.69 Å². The first-order valence-corrected chi connectivity index (χ1v) is 9.02. The molecule has 0 aromatic heterocycles. The number of halogens is 2. The number of benzene rings is 2. The van der Waals surface area contributed by atoms with Crippen LogP contribution in [0.15, 0.2) is 36.4 Å². The van der Waals surface area contributed by atoms with Gasteiger partial charge in [-0.3, -0.25) is 9.59 Å². The van der Waals surface area contributed by atoms with Crippen molar-refractivity contribution in [2.45, 2.75) is 6.92 Å². The molecule has 1 aliphatic heterocycles. The first-order chi connectivity index (χ1) is 12.4. The molecule has 0 atom stereocenters. The Morgan fingerprint density at radius 2 is 1.46 bits per heavy atom. The molecule has 136 valence electrons. The number of amides is 2. The zero-order valence-electron chi connectivity index (χ0n) is 14.3. The van der Waals surface area contributed by atoms with Gasteiger partial charge in [-0.1, -0.05) is 35.3 Å². The molecule has 2 aromatic carbocycles. The van der Waals surface area contributed by atoms with Crippen molar-refractivity contribution >= 4 is 40.7 Å². The number of piperazine rings is 1. The van der Waals surface area contributed by atoms with Crippen molar-refractivity contribution in [3.8, 4) is 0 Å². The van der Waals surface area contributed by atoms with Crippen molar-refractivity contribution < 1.29 is 9.59 Å². The molecular weight excluding hydrogens is 373 g/mol. The molecule has 2 amide bonds. The van der Waals surface area contributed by atoms with Gasteiger partial charge in [-0.15, -0.1) is 0 Å². The number of anilines is 1. The Kier molecular flexibility index (Phi) is 5.39. The Hall–Kier alpha value is -2.24. The van der Waals surface area contributed by atoms with Crippen molar-refractivity contribution in [2.75, 3.05) is 31.9 Å². The SMILES string of the molecule is Cc1ccc(N)cc1C(=O)N1CCN(C(=O)c2c(Cl)cccc2Cl)CC1. The normalized spacial score (nSPS) is 14.4. The van der Waals surface area contributed by atoms with Crippen LogP contribution >= 0.6 is 23.2 Å². The average molecular weight is 392 g/mol. The lowest BCUT2D eigenvalue weighted by Crippen LogP contribution is -2.50. The Labute approximate surface area is 162 Å². The Balaban J connectivity index is 1.70. The number of carbonyl (C=O) groups is 2. The summed E-state index contributed by atoms with van der Waals surface area (Å²) in [5.41, 5.74) is 8.14. The molecule has 0 radical (unpaired) electrons. The predicted octanol–water partition coefficient (Wildman–Crippen LogP) is 3.48. The molecule has 2 N–H and O–H groups in total. The van der Waals surface area contributed by atoms with E-state index in [0.717, 1.165) is 5.56 Å². The largest absolute Gasteiger partial charge is 0.399 e. The minimum Gasteiger partial charge on any atom is -0.399 e. The smallest absolute Gasteiger partial charge is 0.257 e. The predicted molar refractivity (Wildman–Crippen MR) is 104 cm³/mol. The molecule has 0 bridgehead atoms. The molecule has 0 saturated carbocycles. The molecule has 7 heteroatoms. The van der Waals surface area contributed by atoms with E-state index >= 15 is 0 Å². The van der Waals surface area contributed by atoms with E-state index in [1.165, 1.54) is 0 Å². The molecule has 1 fully saturated rings. The van der Waals surface area contributed by atoms with Gasteiger partial charge in [0.05, 0.1) is 15.6 Å². The van der Waals surface area contributed by atoms with Gasteiger partial charge in [-0.05, 0) is 36.8 Å². The quantitative estimate of drug-likeness (QED) is 0.796. The number of nitrogens with two attached hydrogens (primary N) is 1. The number of nitrogen functional groups attached to an aromatic ring is 1. The highest BCUT2D eigenvalue weighted by molar-refractivity contribution is 6.39. The lowest BCUT2D eigenvalue weighted by molar-refractivity contribution is 0.0535. The van der Waals surface area contributed by atoms with E-state index < -0.39 is 0 Å². The van der Waals surface area contributed by atoms with Crippen LogP contribution in [-0.4, -0.2) is 47.8 Å². The van der Waals surface area contributed by atoms with E-state index in [1.807, 2.05) is 13.0 Å². The first kappa shape index (κ1) is 18.5. The molecule has 1 heterocycles. The van der Waals surface area contributed by atoms with Crippen LogP contribution in [0.25, 0.3) is 0 Å². The van der Waals surface area contributed by atoms with Gasteiger partial charge in [0.1, 0.15) is 0 Å². The number of aryl methyl sites for hydroxylation is 1. The maximum absolute atomic E-state index is 12.8. The molecule has 3 rings (SSSR count). The summed E-state index contributed by atoms with van der Waals surface area (Å²) in [4.78, 5) is 28.9. The third-order valence-electron chi connectivity index (χ3n) is 4.52. The minimum atomic E-state index is -0.215. The number of carbonyl (C=O) groups excluding carboxylic acids is 2. The lowest BCUT2D eigenvalue weighted by atomic mass is 10.1. The highest BCUT2D eigenvalue weighted by Gasteiger charge is 2.28. The molecule has 1 aliphatic rings. The first-order valence-electron chi connectivity index (χ1n) is 8.27. The van der Waals surface area contributed by atoms with Crippen LogP contribution in [-0.2, 0) is 0 Å². The van der Waals surface area contributed by atoms with Crippen molar-refractivity contribution in [2.24, 2.45) is 0 Å². The van der Waals surface area contributed by atoms with Crippen LogP contribution in [0.5, 0.6) is 0 Å². The van der Waals surface area contributed by atoms with Gasteiger partial charge in [-0.2, -0.15) is 0 Å². The van der Waals surface area contributed by atoms with Gasteiger partial charge in [0.15, 0.2) is 0 Å². The second-order valence-corrected chi connectivity index (χ2v) is 7.07. The van der Waals surface area contributed by atoms with Crippen molar-refractivity contribution in [3.05, 3.63) is 63.1 Å². The second kappa shape index (κ2) is 7.56. The van der Waals surface area contributed by atoms with E-state index in [4.69, 9.17) is 28.9 Å².